The van der Waals surface area contributed by atoms with Crippen molar-refractivity contribution in [2.45, 2.75) is 111 Å². The molecule has 0 nitrogen and oxygen atoms in total. The molecule has 0 aliphatic heterocycles. The van der Waals surface area contributed by atoms with Crippen molar-refractivity contribution < 1.29 is 0 Å². The van der Waals surface area contributed by atoms with E-state index in [0.29, 0.717) is 5.92 Å². The normalized spacial score (nSPS) is 17.0. The van der Waals surface area contributed by atoms with E-state index >= 15 is 0 Å². The first kappa shape index (κ1) is 25.7. The summed E-state index contributed by atoms with van der Waals surface area (Å²) < 4.78 is 0. The maximum atomic E-state index is 4.53. The minimum Gasteiger partial charge on any atom is -0.0999 e. The zero-order valence-electron chi connectivity index (χ0n) is 21.1. The summed E-state index contributed by atoms with van der Waals surface area (Å²) in [6, 6.07) is 4.86. The van der Waals surface area contributed by atoms with E-state index < -0.39 is 0 Å². The molecule has 0 saturated heterocycles. The van der Waals surface area contributed by atoms with E-state index in [4.69, 9.17) is 0 Å². The second-order valence-corrected chi connectivity index (χ2v) is 9.85. The van der Waals surface area contributed by atoms with Crippen LogP contribution < -0.4 is 0 Å². The van der Waals surface area contributed by atoms with Crippen LogP contribution >= 0.6 is 0 Å². The van der Waals surface area contributed by atoms with Crippen molar-refractivity contribution in [2.75, 3.05) is 0 Å². The molecule has 0 amide bonds. The van der Waals surface area contributed by atoms with Gasteiger partial charge in [-0.2, -0.15) is 0 Å². The highest BCUT2D eigenvalue weighted by Gasteiger charge is 2.26. The van der Waals surface area contributed by atoms with E-state index in [1.807, 2.05) is 0 Å². The lowest BCUT2D eigenvalue weighted by Gasteiger charge is -2.31. The molecule has 1 aromatic carbocycles. The molecule has 2 unspecified atom stereocenters. The van der Waals surface area contributed by atoms with Crippen molar-refractivity contribution in [1.82, 2.24) is 0 Å². The van der Waals surface area contributed by atoms with E-state index in [9.17, 15) is 0 Å². The summed E-state index contributed by atoms with van der Waals surface area (Å²) in [4.78, 5) is 0. The summed E-state index contributed by atoms with van der Waals surface area (Å²) in [6.07, 6.45) is 16.1. The van der Waals surface area contributed by atoms with E-state index in [0.717, 1.165) is 25.2 Å². The molecule has 1 aliphatic rings. The Morgan fingerprint density at radius 3 is 2.29 bits per heavy atom. The van der Waals surface area contributed by atoms with Gasteiger partial charge in [-0.15, -0.1) is 0 Å². The summed E-state index contributed by atoms with van der Waals surface area (Å²) >= 11 is 0. The lowest BCUT2D eigenvalue weighted by Crippen LogP contribution is -2.16. The molecule has 0 fully saturated rings. The van der Waals surface area contributed by atoms with Crippen LogP contribution in [0, 0.1) is 11.8 Å². The quantitative estimate of drug-likeness (QED) is 0.207. The molecule has 0 spiro atoms. The molecule has 2 rings (SSSR count). The average Bonchev–Trinajstić information content (AvgIpc) is 2.77. The van der Waals surface area contributed by atoms with Crippen LogP contribution in [0.3, 0.4) is 0 Å². The highest BCUT2D eigenvalue weighted by atomic mass is 14.3. The predicted molar refractivity (Wildman–Crippen MR) is 141 cm³/mol. The van der Waals surface area contributed by atoms with E-state index in [1.54, 1.807) is 0 Å². The number of benzene rings is 1. The molecule has 172 valence electrons. The van der Waals surface area contributed by atoms with Crippen molar-refractivity contribution in [3.05, 3.63) is 65.3 Å². The predicted octanol–water partition coefficient (Wildman–Crippen LogP) is 9.67. The Bertz CT molecular complexity index is 748. The fourth-order valence-corrected chi connectivity index (χ4v) is 5.42. The zero-order valence-corrected chi connectivity index (χ0v) is 21.1. The molecule has 31 heavy (non-hydrogen) atoms. The molecule has 0 aromatic heterocycles. The van der Waals surface area contributed by atoms with Gasteiger partial charge < -0.3 is 0 Å². The monoisotopic (exact) mass is 420 g/mol. The lowest BCUT2D eigenvalue weighted by atomic mass is 9.74. The van der Waals surface area contributed by atoms with Crippen molar-refractivity contribution in [3.8, 4) is 0 Å². The SMILES string of the molecule is C=C(CCCCCC1C(=C)Cc2cc(CC)c(CC)cc2C1=C)CCC(CC)CCC. The number of hydrogen-bond donors (Lipinski definition) is 0. The maximum Gasteiger partial charge on any atom is 0.00489 e. The van der Waals surface area contributed by atoms with Gasteiger partial charge in [0.15, 0.2) is 0 Å². The minimum absolute atomic E-state index is 0.465. The zero-order chi connectivity index (χ0) is 22.8. The van der Waals surface area contributed by atoms with Gasteiger partial charge in [0.05, 0.1) is 0 Å². The first-order valence-corrected chi connectivity index (χ1v) is 13.1. The van der Waals surface area contributed by atoms with Crippen LogP contribution in [0.15, 0.2) is 43.0 Å². The summed E-state index contributed by atoms with van der Waals surface area (Å²) in [6.45, 7) is 22.5. The van der Waals surface area contributed by atoms with Crippen LogP contribution in [0.5, 0.6) is 0 Å². The number of hydrogen-bond acceptors (Lipinski definition) is 0. The van der Waals surface area contributed by atoms with Crippen LogP contribution in [0.25, 0.3) is 5.57 Å². The Kier molecular flexibility index (Phi) is 10.9. The first-order valence-electron chi connectivity index (χ1n) is 13.1. The van der Waals surface area contributed by atoms with Gasteiger partial charge in [-0.3, -0.25) is 0 Å². The number of allylic oxidation sites excluding steroid dienone is 3. The van der Waals surface area contributed by atoms with Crippen molar-refractivity contribution in [3.63, 3.8) is 0 Å². The highest BCUT2D eigenvalue weighted by Crippen LogP contribution is 2.41. The topological polar surface area (TPSA) is 0 Å². The molecule has 0 N–H and O–H groups in total. The Hall–Kier alpha value is -1.56. The number of aryl methyl sites for hydroxylation is 2. The molecule has 0 bridgehead atoms. The van der Waals surface area contributed by atoms with Gasteiger partial charge in [0, 0.05) is 5.92 Å². The fraction of sp³-hybridized carbons (Fsp3) is 0.613. The minimum atomic E-state index is 0.465. The third kappa shape index (κ3) is 7.23. The molecular formula is C31H48. The van der Waals surface area contributed by atoms with Gasteiger partial charge >= 0.3 is 0 Å². The van der Waals surface area contributed by atoms with Crippen LogP contribution in [0.1, 0.15) is 114 Å². The molecule has 0 saturated carbocycles. The third-order valence-electron chi connectivity index (χ3n) is 7.57. The van der Waals surface area contributed by atoms with Crippen LogP contribution in [-0.2, 0) is 19.3 Å². The van der Waals surface area contributed by atoms with Gasteiger partial charge in [-0.05, 0) is 85.1 Å². The molecule has 0 heteroatoms. The van der Waals surface area contributed by atoms with Gasteiger partial charge in [0.25, 0.3) is 0 Å². The van der Waals surface area contributed by atoms with Crippen LogP contribution in [0.2, 0.25) is 0 Å². The summed E-state index contributed by atoms with van der Waals surface area (Å²) in [5, 5.41) is 0. The van der Waals surface area contributed by atoms with Gasteiger partial charge in [-0.25, -0.2) is 0 Å². The number of fused-ring (bicyclic) bond motifs is 1. The van der Waals surface area contributed by atoms with Crippen LogP contribution in [0.4, 0.5) is 0 Å². The molecular weight excluding hydrogens is 372 g/mol. The second kappa shape index (κ2) is 13.1. The largest absolute Gasteiger partial charge is 0.0999 e. The Labute approximate surface area is 193 Å². The van der Waals surface area contributed by atoms with Crippen molar-refractivity contribution in [2.24, 2.45) is 11.8 Å². The second-order valence-electron chi connectivity index (χ2n) is 9.85. The van der Waals surface area contributed by atoms with E-state index in [-0.39, 0.29) is 0 Å². The first-order chi connectivity index (χ1) is 14.9. The van der Waals surface area contributed by atoms with Crippen molar-refractivity contribution in [1.29, 1.82) is 0 Å². The van der Waals surface area contributed by atoms with Crippen molar-refractivity contribution >= 4 is 5.57 Å². The Morgan fingerprint density at radius 2 is 1.65 bits per heavy atom. The van der Waals surface area contributed by atoms with Gasteiger partial charge in [-0.1, -0.05) is 103 Å². The van der Waals surface area contributed by atoms with E-state index in [2.05, 4.69) is 59.6 Å². The highest BCUT2D eigenvalue weighted by molar-refractivity contribution is 5.74. The third-order valence-corrected chi connectivity index (χ3v) is 7.57. The molecule has 2 atom stereocenters. The molecule has 1 aliphatic carbocycles. The fourth-order valence-electron chi connectivity index (χ4n) is 5.42. The van der Waals surface area contributed by atoms with Crippen LogP contribution in [-0.4, -0.2) is 0 Å². The maximum absolute atomic E-state index is 4.53. The number of unbranched alkanes of at least 4 members (excludes halogenated alkanes) is 2. The molecule has 0 heterocycles. The summed E-state index contributed by atoms with van der Waals surface area (Å²) in [5.74, 6) is 1.36. The van der Waals surface area contributed by atoms with Gasteiger partial charge in [0.2, 0.25) is 0 Å². The lowest BCUT2D eigenvalue weighted by molar-refractivity contribution is 0.429. The molecule has 0 radical (unpaired) electrons. The Morgan fingerprint density at radius 1 is 0.935 bits per heavy atom. The number of rotatable bonds is 14. The summed E-state index contributed by atoms with van der Waals surface area (Å²) in [7, 11) is 0. The van der Waals surface area contributed by atoms with E-state index in [1.165, 1.54) is 103 Å². The smallest absolute Gasteiger partial charge is 0.00489 e. The molecule has 1 aromatic rings. The van der Waals surface area contributed by atoms with Gasteiger partial charge in [0.1, 0.15) is 0 Å². The Balaban J connectivity index is 1.80. The average molecular weight is 421 g/mol. The standard InChI is InChI=1S/C31H48/c1-8-15-26(9-2)19-18-23(5)16-13-12-14-17-30-24(6)20-29-21-27(10-3)28(11-4)22-31(29)25(30)7/h21-22,26,30H,5-20H2,1-4H3. The summed E-state index contributed by atoms with van der Waals surface area (Å²) in [5.41, 5.74) is 10.0.